The number of ether oxygens (including phenoxy) is 1. The second kappa shape index (κ2) is 8.29. The molecule has 0 spiro atoms. The highest BCUT2D eigenvalue weighted by molar-refractivity contribution is 6.01. The lowest BCUT2D eigenvalue weighted by Gasteiger charge is -2.15. The number of anilines is 1. The second-order valence-electron chi connectivity index (χ2n) is 5.45. The first-order chi connectivity index (χ1) is 11.6. The predicted octanol–water partition coefficient (Wildman–Crippen LogP) is 2.96. The molecule has 0 unspecified atom stereocenters. The van der Waals surface area contributed by atoms with Gasteiger partial charge in [-0.2, -0.15) is 0 Å². The van der Waals surface area contributed by atoms with E-state index in [9.17, 15) is 4.79 Å². The topological polar surface area (TPSA) is 90.1 Å². The van der Waals surface area contributed by atoms with E-state index in [1.807, 2.05) is 31.2 Å². The molecule has 0 aliphatic rings. The number of aryl methyl sites for hydroxylation is 1. The first-order valence-corrected chi connectivity index (χ1v) is 8.23. The SMILES string of the molecule is CCCCOc1ccccc1-c1nc(N)nc(C)c1C(=O)NCC. The molecule has 1 aromatic carbocycles. The fourth-order valence-electron chi connectivity index (χ4n) is 2.42. The number of rotatable bonds is 7. The summed E-state index contributed by atoms with van der Waals surface area (Å²) in [6, 6.07) is 7.54. The van der Waals surface area contributed by atoms with Crippen LogP contribution in [0.15, 0.2) is 24.3 Å². The van der Waals surface area contributed by atoms with Crippen LogP contribution >= 0.6 is 0 Å². The Morgan fingerprint density at radius 1 is 1.25 bits per heavy atom. The molecule has 24 heavy (non-hydrogen) atoms. The average Bonchev–Trinajstić information content (AvgIpc) is 2.55. The Bertz CT molecular complexity index is 716. The largest absolute Gasteiger partial charge is 0.493 e. The summed E-state index contributed by atoms with van der Waals surface area (Å²) in [7, 11) is 0. The van der Waals surface area contributed by atoms with E-state index in [0.717, 1.165) is 18.4 Å². The molecule has 0 bridgehead atoms. The van der Waals surface area contributed by atoms with Crippen molar-refractivity contribution in [2.45, 2.75) is 33.6 Å². The van der Waals surface area contributed by atoms with E-state index in [2.05, 4.69) is 22.2 Å². The number of unbranched alkanes of at least 4 members (excludes halogenated alkanes) is 1. The summed E-state index contributed by atoms with van der Waals surface area (Å²) in [6.07, 6.45) is 2.01. The highest BCUT2D eigenvalue weighted by Gasteiger charge is 2.21. The van der Waals surface area contributed by atoms with E-state index in [1.54, 1.807) is 6.92 Å². The number of nitrogens with two attached hydrogens (primary N) is 1. The van der Waals surface area contributed by atoms with E-state index in [4.69, 9.17) is 10.5 Å². The third-order valence-corrected chi connectivity index (χ3v) is 3.57. The number of nitrogens with one attached hydrogen (secondary N) is 1. The van der Waals surface area contributed by atoms with Crippen LogP contribution in [0.2, 0.25) is 0 Å². The van der Waals surface area contributed by atoms with Crippen molar-refractivity contribution in [3.63, 3.8) is 0 Å². The van der Waals surface area contributed by atoms with Gasteiger partial charge < -0.3 is 15.8 Å². The molecular formula is C18H24N4O2. The standard InChI is InChI=1S/C18H24N4O2/c1-4-6-11-24-14-10-8-7-9-13(14)16-15(17(23)20-5-2)12(3)21-18(19)22-16/h7-10H,4-6,11H2,1-3H3,(H,20,23)(H2,19,21,22). The molecule has 0 aliphatic carbocycles. The Labute approximate surface area is 142 Å². The Morgan fingerprint density at radius 3 is 2.71 bits per heavy atom. The van der Waals surface area contributed by atoms with Gasteiger partial charge in [-0.05, 0) is 32.4 Å². The van der Waals surface area contributed by atoms with Gasteiger partial charge in [-0.1, -0.05) is 25.5 Å². The molecular weight excluding hydrogens is 304 g/mol. The van der Waals surface area contributed by atoms with E-state index < -0.39 is 0 Å². The van der Waals surface area contributed by atoms with Crippen molar-refractivity contribution in [1.82, 2.24) is 15.3 Å². The van der Waals surface area contributed by atoms with Crippen LogP contribution in [0.3, 0.4) is 0 Å². The number of nitrogen functional groups attached to an aromatic ring is 1. The van der Waals surface area contributed by atoms with Gasteiger partial charge in [-0.3, -0.25) is 4.79 Å². The monoisotopic (exact) mass is 328 g/mol. The normalized spacial score (nSPS) is 10.5. The average molecular weight is 328 g/mol. The van der Waals surface area contributed by atoms with Crippen LogP contribution in [0.5, 0.6) is 5.75 Å². The Morgan fingerprint density at radius 2 is 2.00 bits per heavy atom. The maximum absolute atomic E-state index is 12.5. The zero-order valence-corrected chi connectivity index (χ0v) is 14.4. The van der Waals surface area contributed by atoms with Crippen molar-refractivity contribution >= 4 is 11.9 Å². The van der Waals surface area contributed by atoms with E-state index in [1.165, 1.54) is 0 Å². The molecule has 6 heteroatoms. The molecule has 128 valence electrons. The van der Waals surface area contributed by atoms with E-state index in [-0.39, 0.29) is 11.9 Å². The number of para-hydroxylation sites is 1. The van der Waals surface area contributed by atoms with Crippen molar-refractivity contribution in [3.05, 3.63) is 35.5 Å². The number of aromatic nitrogens is 2. The quantitative estimate of drug-likeness (QED) is 0.763. The molecule has 3 N–H and O–H groups in total. The molecule has 1 heterocycles. The lowest BCUT2D eigenvalue weighted by molar-refractivity contribution is 0.0955. The number of carbonyl (C=O) groups excluding carboxylic acids is 1. The molecule has 0 fully saturated rings. The molecule has 0 atom stereocenters. The minimum atomic E-state index is -0.214. The molecule has 6 nitrogen and oxygen atoms in total. The molecule has 2 aromatic rings. The highest BCUT2D eigenvalue weighted by Crippen LogP contribution is 2.32. The van der Waals surface area contributed by atoms with Crippen molar-refractivity contribution < 1.29 is 9.53 Å². The summed E-state index contributed by atoms with van der Waals surface area (Å²) >= 11 is 0. The molecule has 0 saturated carbocycles. The summed E-state index contributed by atoms with van der Waals surface area (Å²) < 4.78 is 5.87. The summed E-state index contributed by atoms with van der Waals surface area (Å²) in [5, 5.41) is 2.80. The Balaban J connectivity index is 2.53. The Hall–Kier alpha value is -2.63. The lowest BCUT2D eigenvalue weighted by atomic mass is 10.0. The minimum absolute atomic E-state index is 0.138. The molecule has 0 aliphatic heterocycles. The van der Waals surface area contributed by atoms with Crippen LogP contribution in [-0.4, -0.2) is 29.0 Å². The maximum atomic E-state index is 12.5. The zero-order chi connectivity index (χ0) is 17.5. The van der Waals surface area contributed by atoms with E-state index in [0.29, 0.717) is 35.9 Å². The second-order valence-corrected chi connectivity index (χ2v) is 5.45. The molecule has 1 aromatic heterocycles. The fourth-order valence-corrected chi connectivity index (χ4v) is 2.42. The van der Waals surface area contributed by atoms with Crippen molar-refractivity contribution in [1.29, 1.82) is 0 Å². The summed E-state index contributed by atoms with van der Waals surface area (Å²) in [5.41, 5.74) is 8.03. The Kier molecular flexibility index (Phi) is 6.12. The predicted molar refractivity (Wildman–Crippen MR) is 95.0 cm³/mol. The first-order valence-electron chi connectivity index (χ1n) is 8.23. The third kappa shape index (κ3) is 4.01. The summed E-state index contributed by atoms with van der Waals surface area (Å²) in [6.45, 7) is 6.87. The van der Waals surface area contributed by atoms with Crippen LogP contribution in [0.1, 0.15) is 42.7 Å². The van der Waals surface area contributed by atoms with Crippen LogP contribution in [0.25, 0.3) is 11.3 Å². The van der Waals surface area contributed by atoms with Gasteiger partial charge in [-0.25, -0.2) is 9.97 Å². The number of amides is 1. The van der Waals surface area contributed by atoms with Crippen molar-refractivity contribution in [2.24, 2.45) is 0 Å². The van der Waals surface area contributed by atoms with Crippen LogP contribution in [0.4, 0.5) is 5.95 Å². The molecule has 0 radical (unpaired) electrons. The van der Waals surface area contributed by atoms with Gasteiger partial charge in [-0.15, -0.1) is 0 Å². The summed E-state index contributed by atoms with van der Waals surface area (Å²) in [4.78, 5) is 20.9. The van der Waals surface area contributed by atoms with Crippen LogP contribution in [0, 0.1) is 6.92 Å². The third-order valence-electron chi connectivity index (χ3n) is 3.57. The number of hydrogen-bond acceptors (Lipinski definition) is 5. The highest BCUT2D eigenvalue weighted by atomic mass is 16.5. The molecule has 1 amide bonds. The van der Waals surface area contributed by atoms with Crippen LogP contribution in [-0.2, 0) is 0 Å². The van der Waals surface area contributed by atoms with Crippen molar-refractivity contribution in [2.75, 3.05) is 18.9 Å². The van der Waals surface area contributed by atoms with Gasteiger partial charge in [0, 0.05) is 12.1 Å². The maximum Gasteiger partial charge on any atom is 0.255 e. The van der Waals surface area contributed by atoms with Gasteiger partial charge in [0.2, 0.25) is 5.95 Å². The van der Waals surface area contributed by atoms with Crippen molar-refractivity contribution in [3.8, 4) is 17.0 Å². The zero-order valence-electron chi connectivity index (χ0n) is 14.4. The number of benzene rings is 1. The number of nitrogens with zero attached hydrogens (tertiary/aromatic N) is 2. The smallest absolute Gasteiger partial charge is 0.255 e. The fraction of sp³-hybridized carbons (Fsp3) is 0.389. The van der Waals surface area contributed by atoms with Crippen LogP contribution < -0.4 is 15.8 Å². The first kappa shape index (κ1) is 17.7. The van der Waals surface area contributed by atoms with Gasteiger partial charge in [0.05, 0.1) is 23.6 Å². The van der Waals surface area contributed by atoms with Gasteiger partial charge in [0.25, 0.3) is 5.91 Å². The lowest BCUT2D eigenvalue weighted by Crippen LogP contribution is -2.25. The molecule has 0 saturated heterocycles. The van der Waals surface area contributed by atoms with Gasteiger partial charge in [0.1, 0.15) is 5.75 Å². The number of carbonyl (C=O) groups is 1. The van der Waals surface area contributed by atoms with E-state index >= 15 is 0 Å². The molecule has 2 rings (SSSR count). The van der Waals surface area contributed by atoms with Gasteiger partial charge >= 0.3 is 0 Å². The van der Waals surface area contributed by atoms with Gasteiger partial charge in [0.15, 0.2) is 0 Å². The number of hydrogen-bond donors (Lipinski definition) is 2. The minimum Gasteiger partial charge on any atom is -0.493 e. The summed E-state index contributed by atoms with van der Waals surface area (Å²) in [5.74, 6) is 0.612.